The van der Waals surface area contributed by atoms with Gasteiger partial charge in [0, 0.05) is 29.4 Å². The maximum Gasteiger partial charge on any atom is 0.343 e. The molecule has 0 saturated heterocycles. The minimum absolute atomic E-state index is 0.0161. The van der Waals surface area contributed by atoms with Gasteiger partial charge in [-0.2, -0.15) is 0 Å². The smallest absolute Gasteiger partial charge is 0.343 e. The summed E-state index contributed by atoms with van der Waals surface area (Å²) >= 11 is 0. The first kappa shape index (κ1) is 26.0. The Morgan fingerprint density at radius 1 is 1.03 bits per heavy atom. The lowest BCUT2D eigenvalue weighted by Gasteiger charge is -2.58. The molecule has 4 rings (SSSR count). The molecule has 1 aromatic rings. The molecule has 0 amide bonds. The first-order valence-electron chi connectivity index (χ1n) is 12.5. The highest BCUT2D eigenvalue weighted by Crippen LogP contribution is 2.61. The zero-order valence-electron chi connectivity index (χ0n) is 21.7. The Morgan fingerprint density at radius 2 is 1.67 bits per heavy atom. The van der Waals surface area contributed by atoms with E-state index in [9.17, 15) is 24.3 Å². The Labute approximate surface area is 211 Å². The SMILES string of the molecule is CC(=O)O[C@H]1C2=C(C(=O)C(OC(=O)c3ccccc3)=C(C(C)C)C2=O)[C@@]2(C)CCCC(C)(C)[C@@H]2[C@@H]1O. The summed E-state index contributed by atoms with van der Waals surface area (Å²) in [4.78, 5) is 53.3. The Morgan fingerprint density at radius 3 is 2.25 bits per heavy atom. The van der Waals surface area contributed by atoms with Crippen molar-refractivity contribution < 1.29 is 33.8 Å². The molecule has 36 heavy (non-hydrogen) atoms. The fourth-order valence-corrected chi connectivity index (χ4v) is 6.77. The highest BCUT2D eigenvalue weighted by molar-refractivity contribution is 6.26. The van der Waals surface area contributed by atoms with Crippen LogP contribution < -0.4 is 0 Å². The lowest BCUT2D eigenvalue weighted by atomic mass is 9.47. The molecular formula is C29H34O7. The van der Waals surface area contributed by atoms with E-state index in [2.05, 4.69) is 0 Å². The van der Waals surface area contributed by atoms with Gasteiger partial charge in [0.05, 0.1) is 17.2 Å². The van der Waals surface area contributed by atoms with Gasteiger partial charge < -0.3 is 14.6 Å². The second-order valence-electron chi connectivity index (χ2n) is 11.4. The average Bonchev–Trinajstić information content (AvgIpc) is 2.78. The number of hydrogen-bond acceptors (Lipinski definition) is 7. The molecule has 3 aliphatic carbocycles. The third kappa shape index (κ3) is 4.03. The number of carbonyl (C=O) groups is 4. The predicted octanol–water partition coefficient (Wildman–Crippen LogP) is 4.34. The Kier molecular flexibility index (Phi) is 6.58. The third-order valence-electron chi connectivity index (χ3n) is 8.06. The number of aliphatic hydroxyl groups excluding tert-OH is 1. The van der Waals surface area contributed by atoms with Crippen LogP contribution in [0.4, 0.5) is 0 Å². The van der Waals surface area contributed by atoms with Crippen LogP contribution in [0.3, 0.4) is 0 Å². The molecule has 0 spiro atoms. The molecule has 0 bridgehead atoms. The molecule has 3 aliphatic rings. The third-order valence-corrected chi connectivity index (χ3v) is 8.06. The van der Waals surface area contributed by atoms with E-state index in [1.165, 1.54) is 6.92 Å². The summed E-state index contributed by atoms with van der Waals surface area (Å²) in [5, 5.41) is 11.6. The number of ether oxygens (including phenoxy) is 2. The van der Waals surface area contributed by atoms with Gasteiger partial charge in [-0.15, -0.1) is 0 Å². The summed E-state index contributed by atoms with van der Waals surface area (Å²) < 4.78 is 11.2. The van der Waals surface area contributed by atoms with E-state index in [-0.39, 0.29) is 28.0 Å². The van der Waals surface area contributed by atoms with Gasteiger partial charge >= 0.3 is 11.9 Å². The van der Waals surface area contributed by atoms with Crippen LogP contribution in [0, 0.1) is 22.7 Å². The molecule has 192 valence electrons. The van der Waals surface area contributed by atoms with Gasteiger partial charge in [-0.1, -0.05) is 59.2 Å². The fraction of sp³-hybridized carbons (Fsp3) is 0.517. The zero-order chi connectivity index (χ0) is 26.6. The average molecular weight is 495 g/mol. The first-order chi connectivity index (χ1) is 16.8. The molecule has 0 aliphatic heterocycles. The molecule has 1 fully saturated rings. The van der Waals surface area contributed by atoms with E-state index in [1.54, 1.807) is 44.2 Å². The molecule has 0 radical (unpaired) electrons. The molecule has 1 N–H and O–H groups in total. The lowest BCUT2D eigenvalue weighted by Crippen LogP contribution is -2.60. The number of aliphatic hydroxyl groups is 1. The highest BCUT2D eigenvalue weighted by atomic mass is 16.6. The molecule has 1 saturated carbocycles. The van der Waals surface area contributed by atoms with E-state index in [4.69, 9.17) is 9.47 Å². The van der Waals surface area contributed by atoms with Gasteiger partial charge in [0.15, 0.2) is 17.6 Å². The first-order valence-corrected chi connectivity index (χ1v) is 12.5. The zero-order valence-corrected chi connectivity index (χ0v) is 21.7. The van der Waals surface area contributed by atoms with E-state index in [0.717, 1.165) is 12.8 Å². The van der Waals surface area contributed by atoms with Crippen molar-refractivity contribution in [2.75, 3.05) is 0 Å². The van der Waals surface area contributed by atoms with Crippen molar-refractivity contribution in [2.45, 2.75) is 73.0 Å². The van der Waals surface area contributed by atoms with Crippen LogP contribution in [0.2, 0.25) is 0 Å². The number of rotatable bonds is 4. The summed E-state index contributed by atoms with van der Waals surface area (Å²) in [7, 11) is 0. The number of carbonyl (C=O) groups excluding carboxylic acids is 4. The second-order valence-corrected chi connectivity index (χ2v) is 11.4. The minimum atomic E-state index is -1.27. The number of hydrogen-bond donors (Lipinski definition) is 1. The van der Waals surface area contributed by atoms with E-state index >= 15 is 0 Å². The van der Waals surface area contributed by atoms with Crippen LogP contribution in [0.1, 0.15) is 71.2 Å². The second kappa shape index (κ2) is 9.11. The molecule has 1 aromatic carbocycles. The van der Waals surface area contributed by atoms with Gasteiger partial charge in [0.25, 0.3) is 0 Å². The monoisotopic (exact) mass is 494 g/mol. The van der Waals surface area contributed by atoms with E-state index in [0.29, 0.717) is 6.42 Å². The van der Waals surface area contributed by atoms with Crippen molar-refractivity contribution in [3.05, 3.63) is 58.4 Å². The summed E-state index contributed by atoms with van der Waals surface area (Å²) in [6.45, 7) is 10.6. The molecule has 7 nitrogen and oxygen atoms in total. The minimum Gasteiger partial charge on any atom is -0.455 e. The number of esters is 2. The van der Waals surface area contributed by atoms with Gasteiger partial charge in [0.2, 0.25) is 5.78 Å². The van der Waals surface area contributed by atoms with Gasteiger partial charge in [-0.25, -0.2) is 4.79 Å². The maximum absolute atomic E-state index is 14.2. The van der Waals surface area contributed by atoms with Crippen LogP contribution >= 0.6 is 0 Å². The maximum atomic E-state index is 14.2. The van der Waals surface area contributed by atoms with Crippen LogP contribution in [0.5, 0.6) is 0 Å². The number of Topliss-reactive ketones (excluding diaryl/α,β-unsaturated/α-hetero) is 2. The van der Waals surface area contributed by atoms with E-state index in [1.807, 2.05) is 20.8 Å². The van der Waals surface area contributed by atoms with E-state index < -0.39 is 58.4 Å². The van der Waals surface area contributed by atoms with Crippen molar-refractivity contribution in [3.63, 3.8) is 0 Å². The Hall–Kier alpha value is -3.06. The standard InChI is InChI=1S/C29H34O7/c1-15(2)18-21(31)19-20(22(32)24(18)36-27(34)17-11-8-7-9-12-17)29(6)14-10-13-28(4,5)26(29)23(33)25(19)35-16(3)30/h7-9,11-12,15,23,25-26,33H,10,13-14H2,1-6H3/t23-,25+,26+,29-/m1/s1. The highest BCUT2D eigenvalue weighted by Gasteiger charge is 2.62. The molecule has 0 unspecified atom stereocenters. The Bertz CT molecular complexity index is 1190. The van der Waals surface area contributed by atoms with Crippen molar-refractivity contribution in [2.24, 2.45) is 22.7 Å². The number of ketones is 2. The normalized spacial score (nSPS) is 29.6. The summed E-state index contributed by atoms with van der Waals surface area (Å²) in [5.74, 6) is -3.64. The lowest BCUT2D eigenvalue weighted by molar-refractivity contribution is -0.166. The van der Waals surface area contributed by atoms with Gasteiger partial charge in [0.1, 0.15) is 0 Å². The molecule has 0 heterocycles. The fourth-order valence-electron chi connectivity index (χ4n) is 6.77. The summed E-state index contributed by atoms with van der Waals surface area (Å²) in [5.41, 5.74) is -0.746. The van der Waals surface area contributed by atoms with Gasteiger partial charge in [-0.05, 0) is 36.3 Å². The van der Waals surface area contributed by atoms with Crippen molar-refractivity contribution in [3.8, 4) is 0 Å². The number of benzene rings is 1. The van der Waals surface area contributed by atoms with Crippen LogP contribution in [0.15, 0.2) is 52.8 Å². The largest absolute Gasteiger partial charge is 0.455 e. The number of fused-ring (bicyclic) bond motifs is 2. The van der Waals surface area contributed by atoms with Crippen LogP contribution in [-0.4, -0.2) is 40.8 Å². The number of allylic oxidation sites excluding steroid dienone is 2. The molecule has 4 atom stereocenters. The Balaban J connectivity index is 1.92. The van der Waals surface area contributed by atoms with Crippen molar-refractivity contribution >= 4 is 23.5 Å². The summed E-state index contributed by atoms with van der Waals surface area (Å²) in [6, 6.07) is 8.28. The van der Waals surface area contributed by atoms with Gasteiger partial charge in [-0.3, -0.25) is 14.4 Å². The molecule has 7 heteroatoms. The van der Waals surface area contributed by atoms with Crippen molar-refractivity contribution in [1.82, 2.24) is 0 Å². The molecular weight excluding hydrogens is 460 g/mol. The predicted molar refractivity (Wildman–Crippen MR) is 132 cm³/mol. The molecule has 0 aromatic heterocycles. The van der Waals surface area contributed by atoms with Crippen LogP contribution in [0.25, 0.3) is 0 Å². The van der Waals surface area contributed by atoms with Crippen molar-refractivity contribution in [1.29, 1.82) is 0 Å². The van der Waals surface area contributed by atoms with Crippen LogP contribution in [-0.2, 0) is 23.9 Å². The summed E-state index contributed by atoms with van der Waals surface area (Å²) in [6.07, 6.45) is -0.260. The topological polar surface area (TPSA) is 107 Å². The quantitative estimate of drug-likeness (QED) is 0.490.